The van der Waals surface area contributed by atoms with Gasteiger partial charge in [-0.05, 0) is 30.2 Å². The van der Waals surface area contributed by atoms with E-state index in [2.05, 4.69) is 40.2 Å². The average Bonchev–Trinajstić information content (AvgIpc) is 2.40. The van der Waals surface area contributed by atoms with Gasteiger partial charge in [-0.25, -0.2) is 0 Å². The third-order valence-corrected chi connectivity index (χ3v) is 3.47. The normalized spacial score (nSPS) is 13.3. The predicted octanol–water partition coefficient (Wildman–Crippen LogP) is 4.44. The lowest BCUT2D eigenvalue weighted by molar-refractivity contribution is 0.923. The first-order chi connectivity index (χ1) is 8.72. The van der Waals surface area contributed by atoms with E-state index >= 15 is 0 Å². The van der Waals surface area contributed by atoms with Crippen LogP contribution in [0, 0.1) is 0 Å². The molecule has 0 amide bonds. The van der Waals surface area contributed by atoms with Gasteiger partial charge in [-0.1, -0.05) is 64.5 Å². The van der Waals surface area contributed by atoms with E-state index in [0.29, 0.717) is 0 Å². The van der Waals surface area contributed by atoms with Gasteiger partial charge in [0, 0.05) is 16.1 Å². The SMILES string of the molecule is C/C=C(/N)C(c1ccccc1)c1cccc(Br)c1. The maximum Gasteiger partial charge on any atom is 0.0482 e. The summed E-state index contributed by atoms with van der Waals surface area (Å²) >= 11 is 3.51. The molecule has 0 saturated carbocycles. The Kier molecular flexibility index (Phi) is 4.21. The van der Waals surface area contributed by atoms with Crippen LogP contribution in [0.5, 0.6) is 0 Å². The van der Waals surface area contributed by atoms with Crippen LogP contribution in [0.1, 0.15) is 24.0 Å². The summed E-state index contributed by atoms with van der Waals surface area (Å²) in [5, 5.41) is 0. The van der Waals surface area contributed by atoms with Crippen molar-refractivity contribution in [3.8, 4) is 0 Å². The summed E-state index contributed by atoms with van der Waals surface area (Å²) in [5.74, 6) is 0.119. The number of nitrogens with two attached hydrogens (primary N) is 1. The standard InChI is InChI=1S/C16H16BrN/c1-2-15(18)16(12-7-4-3-5-8-12)13-9-6-10-14(17)11-13/h2-11,16H,18H2,1H3/b15-2+. The molecule has 0 radical (unpaired) electrons. The monoisotopic (exact) mass is 301 g/mol. The Balaban J connectivity index is 2.51. The molecule has 92 valence electrons. The van der Waals surface area contributed by atoms with Gasteiger partial charge in [0.05, 0.1) is 0 Å². The zero-order chi connectivity index (χ0) is 13.0. The number of halogens is 1. The lowest BCUT2D eigenvalue weighted by Gasteiger charge is -2.19. The molecule has 2 aromatic carbocycles. The topological polar surface area (TPSA) is 26.0 Å². The molecule has 0 aromatic heterocycles. The van der Waals surface area contributed by atoms with Crippen LogP contribution in [-0.2, 0) is 0 Å². The van der Waals surface area contributed by atoms with Gasteiger partial charge in [0.25, 0.3) is 0 Å². The van der Waals surface area contributed by atoms with Crippen molar-refractivity contribution in [2.45, 2.75) is 12.8 Å². The van der Waals surface area contributed by atoms with Crippen LogP contribution < -0.4 is 5.73 Å². The molecule has 0 aliphatic carbocycles. The minimum Gasteiger partial charge on any atom is -0.402 e. The molecule has 0 fully saturated rings. The van der Waals surface area contributed by atoms with Crippen LogP contribution in [0.4, 0.5) is 0 Å². The van der Waals surface area contributed by atoms with Crippen LogP contribution in [0.3, 0.4) is 0 Å². The Morgan fingerprint density at radius 1 is 1.06 bits per heavy atom. The van der Waals surface area contributed by atoms with Gasteiger partial charge in [-0.2, -0.15) is 0 Å². The van der Waals surface area contributed by atoms with Crippen molar-refractivity contribution in [1.82, 2.24) is 0 Å². The van der Waals surface area contributed by atoms with E-state index in [9.17, 15) is 0 Å². The molecular weight excluding hydrogens is 286 g/mol. The maximum atomic E-state index is 6.18. The molecule has 2 N–H and O–H groups in total. The van der Waals surface area contributed by atoms with Gasteiger partial charge in [0.15, 0.2) is 0 Å². The average molecular weight is 302 g/mol. The minimum absolute atomic E-state index is 0.119. The minimum atomic E-state index is 0.119. The highest BCUT2D eigenvalue weighted by Crippen LogP contribution is 2.30. The Hall–Kier alpha value is -1.54. The maximum absolute atomic E-state index is 6.18. The molecule has 2 rings (SSSR count). The third kappa shape index (κ3) is 2.82. The number of hydrogen-bond donors (Lipinski definition) is 1. The van der Waals surface area contributed by atoms with Crippen LogP contribution in [0.2, 0.25) is 0 Å². The summed E-state index contributed by atoms with van der Waals surface area (Å²) < 4.78 is 1.07. The molecule has 0 bridgehead atoms. The van der Waals surface area contributed by atoms with E-state index in [1.54, 1.807) is 0 Å². The molecule has 0 aliphatic rings. The second kappa shape index (κ2) is 5.87. The summed E-state index contributed by atoms with van der Waals surface area (Å²) in [4.78, 5) is 0. The van der Waals surface area contributed by atoms with Crippen LogP contribution >= 0.6 is 15.9 Å². The van der Waals surface area contributed by atoms with Gasteiger partial charge < -0.3 is 5.73 Å². The summed E-state index contributed by atoms with van der Waals surface area (Å²) in [7, 11) is 0. The van der Waals surface area contributed by atoms with Crippen molar-refractivity contribution in [1.29, 1.82) is 0 Å². The van der Waals surface area contributed by atoms with Gasteiger partial charge in [-0.15, -0.1) is 0 Å². The van der Waals surface area contributed by atoms with E-state index in [4.69, 9.17) is 5.73 Å². The molecule has 2 aromatic rings. The van der Waals surface area contributed by atoms with Crippen molar-refractivity contribution in [2.75, 3.05) is 0 Å². The highest BCUT2D eigenvalue weighted by molar-refractivity contribution is 9.10. The third-order valence-electron chi connectivity index (χ3n) is 2.98. The molecule has 2 heteroatoms. The molecule has 0 spiro atoms. The summed E-state index contributed by atoms with van der Waals surface area (Å²) in [6, 6.07) is 18.6. The quantitative estimate of drug-likeness (QED) is 0.891. The van der Waals surface area contributed by atoms with Crippen LogP contribution in [-0.4, -0.2) is 0 Å². The highest BCUT2D eigenvalue weighted by atomic mass is 79.9. The predicted molar refractivity (Wildman–Crippen MR) is 80.4 cm³/mol. The van der Waals surface area contributed by atoms with Crippen molar-refractivity contribution >= 4 is 15.9 Å². The Morgan fingerprint density at radius 2 is 1.72 bits per heavy atom. The van der Waals surface area contributed by atoms with E-state index in [-0.39, 0.29) is 5.92 Å². The second-order valence-electron chi connectivity index (χ2n) is 4.19. The largest absolute Gasteiger partial charge is 0.402 e. The summed E-state index contributed by atoms with van der Waals surface area (Å²) in [6.07, 6.45) is 1.97. The zero-order valence-corrected chi connectivity index (χ0v) is 11.9. The zero-order valence-electron chi connectivity index (χ0n) is 10.3. The van der Waals surface area contributed by atoms with E-state index in [0.717, 1.165) is 10.2 Å². The van der Waals surface area contributed by atoms with Crippen molar-refractivity contribution in [2.24, 2.45) is 5.73 Å². The smallest absolute Gasteiger partial charge is 0.0482 e. The highest BCUT2D eigenvalue weighted by Gasteiger charge is 2.16. The lowest BCUT2D eigenvalue weighted by Crippen LogP contribution is -2.11. The molecule has 1 nitrogen and oxygen atoms in total. The number of hydrogen-bond acceptors (Lipinski definition) is 1. The fourth-order valence-electron chi connectivity index (χ4n) is 2.08. The molecule has 18 heavy (non-hydrogen) atoms. The van der Waals surface area contributed by atoms with Gasteiger partial charge in [-0.3, -0.25) is 0 Å². The first-order valence-electron chi connectivity index (χ1n) is 5.94. The molecule has 0 heterocycles. The molecule has 1 unspecified atom stereocenters. The van der Waals surface area contributed by atoms with E-state index in [1.807, 2.05) is 43.3 Å². The van der Waals surface area contributed by atoms with Crippen molar-refractivity contribution < 1.29 is 0 Å². The number of allylic oxidation sites excluding steroid dienone is 2. The molecule has 0 saturated heterocycles. The fraction of sp³-hybridized carbons (Fsp3) is 0.125. The summed E-state index contributed by atoms with van der Waals surface area (Å²) in [6.45, 7) is 1.98. The lowest BCUT2D eigenvalue weighted by atomic mass is 9.88. The van der Waals surface area contributed by atoms with Gasteiger partial charge >= 0.3 is 0 Å². The Bertz CT molecular complexity index is 546. The first kappa shape index (κ1) is 12.9. The Labute approximate surface area is 116 Å². The number of benzene rings is 2. The fourth-order valence-corrected chi connectivity index (χ4v) is 2.49. The van der Waals surface area contributed by atoms with Gasteiger partial charge in [0.2, 0.25) is 0 Å². The number of rotatable bonds is 3. The molecule has 0 aliphatic heterocycles. The molecular formula is C16H16BrN. The second-order valence-corrected chi connectivity index (χ2v) is 5.10. The van der Waals surface area contributed by atoms with E-state index in [1.165, 1.54) is 11.1 Å². The van der Waals surface area contributed by atoms with Crippen molar-refractivity contribution in [3.63, 3.8) is 0 Å². The summed E-state index contributed by atoms with van der Waals surface area (Å²) in [5.41, 5.74) is 9.47. The van der Waals surface area contributed by atoms with Crippen molar-refractivity contribution in [3.05, 3.63) is 82.0 Å². The Morgan fingerprint density at radius 3 is 2.33 bits per heavy atom. The van der Waals surface area contributed by atoms with Crippen LogP contribution in [0.15, 0.2) is 70.8 Å². The van der Waals surface area contributed by atoms with Gasteiger partial charge in [0.1, 0.15) is 0 Å². The molecule has 1 atom stereocenters. The first-order valence-corrected chi connectivity index (χ1v) is 6.73. The van der Waals surface area contributed by atoms with Crippen LogP contribution in [0.25, 0.3) is 0 Å². The van der Waals surface area contributed by atoms with E-state index < -0.39 is 0 Å².